The van der Waals surface area contributed by atoms with Crippen molar-refractivity contribution in [3.05, 3.63) is 63.8 Å². The lowest BCUT2D eigenvalue weighted by Crippen LogP contribution is -1.95. The van der Waals surface area contributed by atoms with Gasteiger partial charge in [-0.3, -0.25) is 0 Å². The molecule has 0 aliphatic carbocycles. The number of benzene rings is 2. The first kappa shape index (κ1) is 13.9. The first-order valence-electron chi connectivity index (χ1n) is 5.50. The second-order valence-electron chi connectivity index (χ2n) is 3.95. The summed E-state index contributed by atoms with van der Waals surface area (Å²) in [7, 11) is 0. The molecule has 0 aliphatic heterocycles. The maximum atomic E-state index is 13.9. The fourth-order valence-corrected chi connectivity index (χ4v) is 1.79. The Balaban J connectivity index is 2.66. The summed E-state index contributed by atoms with van der Waals surface area (Å²) in [5, 5.41) is 12.1. The van der Waals surface area contributed by atoms with Gasteiger partial charge in [0.25, 0.3) is 0 Å². The first-order chi connectivity index (χ1) is 9.56. The lowest BCUT2D eigenvalue weighted by Gasteiger charge is -2.09. The highest BCUT2D eigenvalue weighted by atomic mass is 19.1. The van der Waals surface area contributed by atoms with E-state index in [1.165, 1.54) is 6.07 Å². The van der Waals surface area contributed by atoms with Crippen LogP contribution in [0, 0.1) is 17.5 Å². The maximum absolute atomic E-state index is 13.9. The van der Waals surface area contributed by atoms with Gasteiger partial charge in [-0.2, -0.15) is 0 Å². The molecule has 2 rings (SSSR count). The monoisotopic (exact) mass is 279 g/mol. The Labute approximate surface area is 111 Å². The third-order valence-corrected chi connectivity index (χ3v) is 2.67. The van der Waals surface area contributed by atoms with Crippen molar-refractivity contribution >= 4 is 5.69 Å². The van der Waals surface area contributed by atoms with Crippen LogP contribution in [-0.4, -0.2) is 5.11 Å². The van der Waals surface area contributed by atoms with Crippen molar-refractivity contribution in [3.8, 4) is 11.1 Å². The molecule has 0 unspecified atom stereocenters. The summed E-state index contributed by atoms with van der Waals surface area (Å²) in [5.41, 5.74) is 7.42. The molecule has 0 heterocycles. The van der Waals surface area contributed by atoms with Crippen LogP contribution in [0.15, 0.2) is 35.4 Å². The summed E-state index contributed by atoms with van der Waals surface area (Å²) in [6.45, 7) is -0.382. The van der Waals surface area contributed by atoms with Crippen molar-refractivity contribution in [2.24, 2.45) is 5.11 Å². The third-order valence-electron chi connectivity index (χ3n) is 2.67. The molecule has 20 heavy (non-hydrogen) atoms. The molecule has 2 aromatic rings. The summed E-state index contributed by atoms with van der Waals surface area (Å²) in [5.74, 6) is -2.93. The highest BCUT2D eigenvalue weighted by Crippen LogP contribution is 2.32. The summed E-state index contributed by atoms with van der Waals surface area (Å²) in [4.78, 5) is 2.42. The Morgan fingerprint density at radius 2 is 1.70 bits per heavy atom. The molecule has 0 spiro atoms. The fourth-order valence-electron chi connectivity index (χ4n) is 1.79. The predicted molar refractivity (Wildman–Crippen MR) is 66.5 cm³/mol. The van der Waals surface area contributed by atoms with E-state index < -0.39 is 23.0 Å². The summed E-state index contributed by atoms with van der Waals surface area (Å²) in [6.07, 6.45) is 0. The molecule has 0 bridgehead atoms. The van der Waals surface area contributed by atoms with Crippen LogP contribution in [0.5, 0.6) is 0 Å². The minimum atomic E-state index is -1.05. The zero-order valence-corrected chi connectivity index (χ0v) is 10.0. The molecule has 0 aromatic heterocycles. The van der Waals surface area contributed by atoms with Gasteiger partial charge in [0.05, 0.1) is 12.2 Å². The van der Waals surface area contributed by atoms with Gasteiger partial charge in [0.2, 0.25) is 0 Å². The number of azide groups is 1. The second kappa shape index (κ2) is 5.64. The molecule has 0 atom stereocenters. The van der Waals surface area contributed by atoms with E-state index in [0.717, 1.165) is 24.3 Å². The van der Waals surface area contributed by atoms with Gasteiger partial charge in [-0.1, -0.05) is 11.2 Å². The average molecular weight is 279 g/mol. The fraction of sp³-hybridized carbons (Fsp3) is 0.0769. The molecule has 4 nitrogen and oxygen atoms in total. The Kier molecular flexibility index (Phi) is 3.93. The van der Waals surface area contributed by atoms with E-state index in [-0.39, 0.29) is 17.9 Å². The summed E-state index contributed by atoms with van der Waals surface area (Å²) >= 11 is 0. The highest BCUT2D eigenvalue weighted by Gasteiger charge is 2.17. The van der Waals surface area contributed by atoms with Crippen molar-refractivity contribution in [1.29, 1.82) is 0 Å². The number of halogens is 3. The van der Waals surface area contributed by atoms with Crippen LogP contribution < -0.4 is 0 Å². The van der Waals surface area contributed by atoms with E-state index in [1.807, 2.05) is 0 Å². The van der Waals surface area contributed by atoms with Gasteiger partial charge >= 0.3 is 0 Å². The van der Waals surface area contributed by atoms with E-state index in [9.17, 15) is 13.2 Å². The molecule has 0 saturated carbocycles. The minimum Gasteiger partial charge on any atom is -0.392 e. The largest absolute Gasteiger partial charge is 0.392 e. The lowest BCUT2D eigenvalue weighted by molar-refractivity contribution is 0.281. The van der Waals surface area contributed by atoms with Crippen molar-refractivity contribution in [2.75, 3.05) is 0 Å². The number of aliphatic hydroxyl groups excluding tert-OH is 1. The van der Waals surface area contributed by atoms with E-state index in [4.69, 9.17) is 10.6 Å². The highest BCUT2D eigenvalue weighted by molar-refractivity contribution is 5.68. The van der Waals surface area contributed by atoms with Crippen molar-refractivity contribution in [3.63, 3.8) is 0 Å². The molecule has 0 radical (unpaired) electrons. The summed E-state index contributed by atoms with van der Waals surface area (Å²) in [6, 6.07) is 5.10. The van der Waals surface area contributed by atoms with Gasteiger partial charge in [-0.25, -0.2) is 13.2 Å². The van der Waals surface area contributed by atoms with Crippen LogP contribution in [0.4, 0.5) is 18.9 Å². The number of nitrogens with zero attached hydrogens (tertiary/aromatic N) is 3. The zero-order chi connectivity index (χ0) is 14.7. The smallest absolute Gasteiger partial charge is 0.134 e. The number of hydrogen-bond acceptors (Lipinski definition) is 2. The molecule has 0 saturated heterocycles. The number of aliphatic hydroxyl groups is 1. The maximum Gasteiger partial charge on any atom is 0.134 e. The Bertz CT molecular complexity index is 689. The Morgan fingerprint density at radius 3 is 2.25 bits per heavy atom. The van der Waals surface area contributed by atoms with Gasteiger partial charge in [0.15, 0.2) is 0 Å². The normalized spacial score (nSPS) is 10.2. The standard InChI is InChI=1S/C13H8F3N3O/c14-10-2-1-7(6-20)3-9(10)13-11(15)4-8(18-19-17)5-12(13)16/h1-5,20H,6H2. The second-order valence-corrected chi connectivity index (χ2v) is 3.95. The van der Waals surface area contributed by atoms with Crippen LogP contribution in [0.25, 0.3) is 21.6 Å². The van der Waals surface area contributed by atoms with E-state index in [0.29, 0.717) is 5.56 Å². The van der Waals surface area contributed by atoms with E-state index >= 15 is 0 Å². The van der Waals surface area contributed by atoms with Gasteiger partial charge in [0.1, 0.15) is 17.5 Å². The van der Waals surface area contributed by atoms with Crippen molar-refractivity contribution in [2.45, 2.75) is 6.61 Å². The molecule has 0 aliphatic rings. The van der Waals surface area contributed by atoms with Crippen LogP contribution in [0.2, 0.25) is 0 Å². The molecule has 0 fully saturated rings. The van der Waals surface area contributed by atoms with Gasteiger partial charge < -0.3 is 5.11 Å². The van der Waals surface area contributed by atoms with Crippen molar-refractivity contribution < 1.29 is 18.3 Å². The van der Waals surface area contributed by atoms with Crippen LogP contribution in [0.3, 0.4) is 0 Å². The van der Waals surface area contributed by atoms with Crippen LogP contribution in [-0.2, 0) is 6.61 Å². The predicted octanol–water partition coefficient (Wildman–Crippen LogP) is 4.21. The quantitative estimate of drug-likeness (QED) is 0.510. The first-order valence-corrected chi connectivity index (χ1v) is 5.50. The molecular weight excluding hydrogens is 271 g/mol. The van der Waals surface area contributed by atoms with E-state index in [2.05, 4.69) is 10.0 Å². The zero-order valence-electron chi connectivity index (χ0n) is 10.0. The van der Waals surface area contributed by atoms with Crippen molar-refractivity contribution in [1.82, 2.24) is 0 Å². The van der Waals surface area contributed by atoms with Gasteiger partial charge in [-0.05, 0) is 35.4 Å². The Morgan fingerprint density at radius 1 is 1.05 bits per heavy atom. The van der Waals surface area contributed by atoms with Gasteiger partial charge in [0, 0.05) is 16.2 Å². The topological polar surface area (TPSA) is 69.0 Å². The average Bonchev–Trinajstić information content (AvgIpc) is 2.40. The molecule has 2 aromatic carbocycles. The SMILES string of the molecule is [N-]=[N+]=Nc1cc(F)c(-c2cc(CO)ccc2F)c(F)c1. The summed E-state index contributed by atoms with van der Waals surface area (Å²) < 4.78 is 41.5. The number of hydrogen-bond donors (Lipinski definition) is 1. The van der Waals surface area contributed by atoms with Gasteiger partial charge in [-0.15, -0.1) is 0 Å². The lowest BCUT2D eigenvalue weighted by atomic mass is 10.0. The van der Waals surface area contributed by atoms with Crippen LogP contribution >= 0.6 is 0 Å². The number of rotatable bonds is 3. The molecule has 0 amide bonds. The molecule has 1 N–H and O–H groups in total. The molecule has 7 heteroatoms. The van der Waals surface area contributed by atoms with Crippen LogP contribution in [0.1, 0.15) is 5.56 Å². The molecular formula is C13H8F3N3O. The third kappa shape index (κ3) is 2.59. The molecule has 102 valence electrons. The Hall–Kier alpha value is -2.50. The van der Waals surface area contributed by atoms with E-state index in [1.54, 1.807) is 0 Å². The minimum absolute atomic E-state index is 0.245.